The molecule has 0 saturated carbocycles. The number of fused-ring (bicyclic) bond motifs is 1. The Balaban J connectivity index is 1.55. The van der Waals surface area contributed by atoms with E-state index in [2.05, 4.69) is 19.9 Å². The zero-order valence-electron chi connectivity index (χ0n) is 16.2. The lowest BCUT2D eigenvalue weighted by Crippen LogP contribution is -2.25. The molecule has 6 heteroatoms. The van der Waals surface area contributed by atoms with Crippen LogP contribution in [0.3, 0.4) is 0 Å². The first kappa shape index (κ1) is 20.0. The molecule has 0 aliphatic carbocycles. The summed E-state index contributed by atoms with van der Waals surface area (Å²) in [6.45, 7) is 3.81. The average Bonchev–Trinajstić information content (AvgIpc) is 3.28. The smallest absolute Gasteiger partial charge is 0.306 e. The van der Waals surface area contributed by atoms with Crippen LogP contribution in [0.2, 0.25) is 0 Å². The molecule has 0 atom stereocenters. The number of thiophene rings is 1. The Hall–Kier alpha value is -2.73. The number of esters is 1. The van der Waals surface area contributed by atoms with Crippen molar-refractivity contribution in [3.05, 3.63) is 64.0 Å². The van der Waals surface area contributed by atoms with Crippen molar-refractivity contribution in [2.75, 3.05) is 18.6 Å². The molecule has 3 rings (SSSR count). The van der Waals surface area contributed by atoms with Gasteiger partial charge in [-0.3, -0.25) is 14.4 Å². The highest BCUT2D eigenvalue weighted by atomic mass is 32.1. The number of para-hydroxylation sites is 1. The van der Waals surface area contributed by atoms with Crippen LogP contribution >= 0.6 is 11.3 Å². The number of carbonyl (C=O) groups is 3. The Morgan fingerprint density at radius 3 is 2.54 bits per heavy atom. The van der Waals surface area contributed by atoms with E-state index < -0.39 is 5.97 Å². The minimum atomic E-state index is -0.543. The maximum Gasteiger partial charge on any atom is 0.306 e. The van der Waals surface area contributed by atoms with Crippen LogP contribution < -0.4 is 4.90 Å². The van der Waals surface area contributed by atoms with E-state index in [-0.39, 0.29) is 36.4 Å². The predicted octanol–water partition coefficient (Wildman–Crippen LogP) is 4.13. The van der Waals surface area contributed by atoms with Crippen molar-refractivity contribution in [1.82, 2.24) is 0 Å². The highest BCUT2D eigenvalue weighted by Crippen LogP contribution is 2.46. The van der Waals surface area contributed by atoms with Gasteiger partial charge in [0.05, 0.1) is 11.3 Å². The molecule has 1 aromatic carbocycles. The van der Waals surface area contributed by atoms with E-state index in [0.29, 0.717) is 4.88 Å². The number of likely N-dealkylation sites (N-methyl/N-ethyl adjacent to an activating group) is 1. The van der Waals surface area contributed by atoms with Crippen LogP contribution in [0.5, 0.6) is 0 Å². The van der Waals surface area contributed by atoms with E-state index in [9.17, 15) is 14.4 Å². The van der Waals surface area contributed by atoms with E-state index in [1.165, 1.54) is 11.3 Å². The topological polar surface area (TPSA) is 63.7 Å². The quantitative estimate of drug-likeness (QED) is 0.399. The van der Waals surface area contributed by atoms with E-state index in [4.69, 9.17) is 4.74 Å². The van der Waals surface area contributed by atoms with Crippen LogP contribution in [0.4, 0.5) is 5.69 Å². The van der Waals surface area contributed by atoms with Crippen molar-refractivity contribution in [2.45, 2.75) is 32.1 Å². The minimum absolute atomic E-state index is 0.0303. The first-order valence-corrected chi connectivity index (χ1v) is 9.99. The van der Waals surface area contributed by atoms with E-state index in [1.54, 1.807) is 18.2 Å². The van der Waals surface area contributed by atoms with E-state index >= 15 is 0 Å². The second-order valence-corrected chi connectivity index (χ2v) is 8.21. The molecule has 0 radical (unpaired) electrons. The van der Waals surface area contributed by atoms with Gasteiger partial charge in [0.15, 0.2) is 18.2 Å². The number of rotatable bonds is 7. The lowest BCUT2D eigenvalue weighted by molar-refractivity contribution is -0.146. The Morgan fingerprint density at radius 2 is 1.86 bits per heavy atom. The third-order valence-electron chi connectivity index (χ3n) is 4.97. The summed E-state index contributed by atoms with van der Waals surface area (Å²) in [5, 5.41) is 1.82. The van der Waals surface area contributed by atoms with Crippen LogP contribution in [-0.2, 0) is 19.7 Å². The minimum Gasteiger partial charge on any atom is -0.457 e. The maximum absolute atomic E-state index is 12.4. The van der Waals surface area contributed by atoms with Crippen molar-refractivity contribution in [3.63, 3.8) is 0 Å². The molecule has 0 N–H and O–H groups in total. The number of hydrogen-bond acceptors (Lipinski definition) is 6. The number of nitrogens with zero attached hydrogens (tertiary/aromatic N) is 1. The molecule has 5 nitrogen and oxygen atoms in total. The van der Waals surface area contributed by atoms with Crippen LogP contribution in [0.15, 0.2) is 53.6 Å². The molecule has 0 spiro atoms. The zero-order chi connectivity index (χ0) is 20.3. The molecule has 0 amide bonds. The highest BCUT2D eigenvalue weighted by molar-refractivity contribution is 7.12. The Kier molecular flexibility index (Phi) is 5.79. The molecule has 0 fully saturated rings. The first-order valence-electron chi connectivity index (χ1n) is 9.11. The van der Waals surface area contributed by atoms with Gasteiger partial charge in [0, 0.05) is 36.3 Å². The average molecular weight is 397 g/mol. The number of allylic oxidation sites excluding steroid dienone is 1. The number of Topliss-reactive ketones (excluding diaryl/α,β-unsaturated/α-hetero) is 1. The van der Waals surface area contributed by atoms with Gasteiger partial charge in [0.25, 0.3) is 0 Å². The van der Waals surface area contributed by atoms with Gasteiger partial charge < -0.3 is 9.64 Å². The summed E-state index contributed by atoms with van der Waals surface area (Å²) in [7, 11) is 1.93. The summed E-state index contributed by atoms with van der Waals surface area (Å²) in [5.74, 6) is -0.910. The van der Waals surface area contributed by atoms with Gasteiger partial charge in [-0.25, -0.2) is 0 Å². The van der Waals surface area contributed by atoms with Crippen LogP contribution in [-0.4, -0.2) is 31.2 Å². The SMILES string of the molecule is CN1/C(=C/C(=O)COC(=O)CCC(=O)c2cccs2)C(C)(C)c2ccccc21. The number of hydrogen-bond donors (Lipinski definition) is 0. The number of ether oxygens (including phenoxy) is 1. The largest absolute Gasteiger partial charge is 0.457 e. The van der Waals surface area contributed by atoms with Gasteiger partial charge in [-0.1, -0.05) is 38.1 Å². The molecule has 2 heterocycles. The predicted molar refractivity (Wildman–Crippen MR) is 110 cm³/mol. The second-order valence-electron chi connectivity index (χ2n) is 7.26. The van der Waals surface area contributed by atoms with Gasteiger partial charge in [-0.15, -0.1) is 11.3 Å². The third-order valence-corrected chi connectivity index (χ3v) is 5.88. The van der Waals surface area contributed by atoms with Crippen molar-refractivity contribution in [1.29, 1.82) is 0 Å². The monoisotopic (exact) mass is 397 g/mol. The van der Waals surface area contributed by atoms with Crippen molar-refractivity contribution < 1.29 is 19.1 Å². The van der Waals surface area contributed by atoms with Crippen LogP contribution in [0.25, 0.3) is 0 Å². The molecular weight excluding hydrogens is 374 g/mol. The van der Waals surface area contributed by atoms with Gasteiger partial charge in [0.1, 0.15) is 0 Å². The highest BCUT2D eigenvalue weighted by Gasteiger charge is 2.38. The normalized spacial score (nSPS) is 16.1. The van der Waals surface area contributed by atoms with E-state index in [0.717, 1.165) is 16.9 Å². The van der Waals surface area contributed by atoms with E-state index in [1.807, 2.05) is 35.5 Å². The zero-order valence-corrected chi connectivity index (χ0v) is 17.0. The summed E-state index contributed by atoms with van der Waals surface area (Å²) in [6, 6.07) is 11.6. The third kappa shape index (κ3) is 4.07. The lowest BCUT2D eigenvalue weighted by Gasteiger charge is -2.23. The molecule has 1 aliphatic heterocycles. The molecule has 0 saturated heterocycles. The fraction of sp³-hybridized carbons (Fsp3) is 0.318. The summed E-state index contributed by atoms with van der Waals surface area (Å²) in [4.78, 5) is 38.8. The van der Waals surface area contributed by atoms with Crippen molar-refractivity contribution in [2.24, 2.45) is 0 Å². The Labute approximate surface area is 168 Å². The molecule has 28 heavy (non-hydrogen) atoms. The molecule has 1 aliphatic rings. The first-order chi connectivity index (χ1) is 13.3. The molecule has 2 aromatic rings. The number of ketones is 2. The summed E-state index contributed by atoms with van der Waals surface area (Å²) in [6.07, 6.45) is 1.60. The second kappa shape index (κ2) is 8.10. The maximum atomic E-state index is 12.4. The Morgan fingerprint density at radius 1 is 1.11 bits per heavy atom. The number of benzene rings is 1. The van der Waals surface area contributed by atoms with Crippen LogP contribution in [0, 0.1) is 0 Å². The van der Waals surface area contributed by atoms with Gasteiger partial charge in [-0.2, -0.15) is 0 Å². The molecule has 0 bridgehead atoms. The fourth-order valence-electron chi connectivity index (χ4n) is 3.45. The fourth-order valence-corrected chi connectivity index (χ4v) is 4.15. The van der Waals surface area contributed by atoms with Crippen molar-refractivity contribution >= 4 is 34.6 Å². The van der Waals surface area contributed by atoms with Crippen LogP contribution in [0.1, 0.15) is 41.9 Å². The van der Waals surface area contributed by atoms with Crippen molar-refractivity contribution in [3.8, 4) is 0 Å². The summed E-state index contributed by atoms with van der Waals surface area (Å²) in [5.41, 5.74) is 2.77. The Bertz CT molecular complexity index is 928. The molecule has 146 valence electrons. The number of carbonyl (C=O) groups excluding carboxylic acids is 3. The molecule has 0 unspecified atom stereocenters. The van der Waals surface area contributed by atoms with Gasteiger partial charge in [-0.05, 0) is 23.1 Å². The van der Waals surface area contributed by atoms with Gasteiger partial charge in [0.2, 0.25) is 0 Å². The molecular formula is C22H23NO4S. The standard InChI is InChI=1S/C22H23NO4S/c1-22(2)16-7-4-5-8-17(16)23(3)20(22)13-15(24)14-27-21(26)11-10-18(25)19-9-6-12-28-19/h4-9,12-13H,10-11,14H2,1-3H3/b20-13+. The number of anilines is 1. The molecule has 1 aromatic heterocycles. The lowest BCUT2D eigenvalue weighted by atomic mass is 9.83. The summed E-state index contributed by atoms with van der Waals surface area (Å²) >= 11 is 1.35. The van der Waals surface area contributed by atoms with Gasteiger partial charge >= 0.3 is 5.97 Å². The summed E-state index contributed by atoms with van der Waals surface area (Å²) < 4.78 is 5.06.